The number of rotatable bonds is 0. The van der Waals surface area contributed by atoms with Gasteiger partial charge in [0.1, 0.15) is 17.6 Å². The van der Waals surface area contributed by atoms with Crippen LogP contribution < -0.4 is 4.09 Å². The van der Waals surface area contributed by atoms with Crippen LogP contribution in [-0.2, 0) is 12.8 Å². The monoisotopic (exact) mass is 114 g/mol. The molecule has 1 rings (SSSR count). The minimum atomic E-state index is 1.16. The lowest BCUT2D eigenvalue weighted by Gasteiger charge is -1.87. The Bertz CT molecular complexity index is 140. The van der Waals surface area contributed by atoms with E-state index in [4.69, 9.17) is 0 Å². The molecule has 0 radical (unpaired) electrons. The molecule has 0 unspecified atom stereocenters. The van der Waals surface area contributed by atoms with E-state index in [0.717, 1.165) is 4.09 Å². The van der Waals surface area contributed by atoms with E-state index in [1.807, 2.05) is 0 Å². The van der Waals surface area contributed by atoms with Crippen LogP contribution in [-0.4, -0.2) is 15.5 Å². The summed E-state index contributed by atoms with van der Waals surface area (Å²) in [5, 5.41) is 9.99. The molecule has 36 valence electrons. The lowest BCUT2D eigenvalue weighted by Crippen LogP contribution is -2.31. The van der Waals surface area contributed by atoms with E-state index in [1.54, 1.807) is 0 Å². The molecule has 0 spiro atoms. The third-order valence-electron chi connectivity index (χ3n) is 0.441. The van der Waals surface area contributed by atoms with Gasteiger partial charge in [0, 0.05) is 0 Å². The van der Waals surface area contributed by atoms with Crippen molar-refractivity contribution in [2.75, 3.05) is 0 Å². The summed E-state index contributed by atoms with van der Waals surface area (Å²) < 4.78 is 1.16. The average Bonchev–Trinajstić information content (AvgIpc) is 1.69. The highest BCUT2D eigenvalue weighted by Crippen LogP contribution is 1.51. The smallest absolute Gasteiger partial charge is 0.202 e. The summed E-state index contributed by atoms with van der Waals surface area (Å²) in [7, 11) is 0. The second-order valence-electron chi connectivity index (χ2n) is 0.895. The molecule has 0 amide bonds. The van der Waals surface area contributed by atoms with Crippen molar-refractivity contribution in [3.63, 3.8) is 0 Å². The molecule has 1 aromatic rings. The molecule has 1 aromatic heterocycles. The fraction of sp³-hybridized carbons (Fsp3) is 0. The SMILES string of the molecule is [S-][n+]1ccnnn1. The molecule has 0 aromatic carbocycles. The Hall–Kier alpha value is -0.840. The topological polar surface area (TPSA) is 42.5 Å². The van der Waals surface area contributed by atoms with Crippen LogP contribution in [0.4, 0.5) is 0 Å². The van der Waals surface area contributed by atoms with Crippen molar-refractivity contribution in [1.29, 1.82) is 0 Å². The quantitative estimate of drug-likeness (QED) is 0.303. The van der Waals surface area contributed by atoms with Crippen molar-refractivity contribution in [3.8, 4) is 0 Å². The minimum Gasteiger partial charge on any atom is -0.527 e. The normalized spacial score (nSPS) is 8.57. The first-order chi connectivity index (χ1) is 3.39. The van der Waals surface area contributed by atoms with E-state index in [0.29, 0.717) is 0 Å². The molecule has 7 heavy (non-hydrogen) atoms. The summed E-state index contributed by atoms with van der Waals surface area (Å²) in [6.07, 6.45) is 3.00. The molecule has 0 aliphatic rings. The van der Waals surface area contributed by atoms with Crippen molar-refractivity contribution in [2.45, 2.75) is 0 Å². The lowest BCUT2D eigenvalue weighted by atomic mass is 11.0. The highest BCUT2D eigenvalue weighted by atomic mass is 32.1. The molecule has 0 saturated heterocycles. The van der Waals surface area contributed by atoms with E-state index in [-0.39, 0.29) is 0 Å². The van der Waals surface area contributed by atoms with Crippen LogP contribution in [0, 0.1) is 0 Å². The van der Waals surface area contributed by atoms with Gasteiger partial charge in [0.25, 0.3) is 0 Å². The third-order valence-corrected chi connectivity index (χ3v) is 0.635. The van der Waals surface area contributed by atoms with Crippen molar-refractivity contribution in [3.05, 3.63) is 12.4 Å². The Morgan fingerprint density at radius 3 is 2.71 bits per heavy atom. The third kappa shape index (κ3) is 1.01. The van der Waals surface area contributed by atoms with Gasteiger partial charge in [-0.25, -0.2) is 4.09 Å². The summed E-state index contributed by atoms with van der Waals surface area (Å²) in [5.74, 6) is 0. The molecule has 1 heterocycles. The van der Waals surface area contributed by atoms with Crippen LogP contribution in [0.15, 0.2) is 12.4 Å². The van der Waals surface area contributed by atoms with Crippen LogP contribution >= 0.6 is 0 Å². The highest BCUT2D eigenvalue weighted by Gasteiger charge is 1.77. The van der Waals surface area contributed by atoms with Crippen molar-refractivity contribution >= 4 is 12.8 Å². The van der Waals surface area contributed by atoms with E-state index < -0.39 is 0 Å². The number of aromatic nitrogens is 4. The maximum Gasteiger partial charge on any atom is 0.202 e. The maximum atomic E-state index is 4.52. The van der Waals surface area contributed by atoms with Crippen molar-refractivity contribution in [1.82, 2.24) is 15.5 Å². The Morgan fingerprint density at radius 2 is 2.43 bits per heavy atom. The van der Waals surface area contributed by atoms with Gasteiger partial charge in [0.05, 0.1) is 0 Å². The highest BCUT2D eigenvalue weighted by molar-refractivity contribution is 7.50. The summed E-state index contributed by atoms with van der Waals surface area (Å²) >= 11 is 4.52. The largest absolute Gasteiger partial charge is 0.527 e. The Balaban J connectivity index is 3.02. The summed E-state index contributed by atoms with van der Waals surface area (Å²) in [4.78, 5) is 0. The molecule has 0 aliphatic carbocycles. The van der Waals surface area contributed by atoms with E-state index >= 15 is 0 Å². The lowest BCUT2D eigenvalue weighted by molar-refractivity contribution is -0.572. The second kappa shape index (κ2) is 1.74. The van der Waals surface area contributed by atoms with Crippen LogP contribution in [0.2, 0.25) is 0 Å². The van der Waals surface area contributed by atoms with Gasteiger partial charge in [0.2, 0.25) is 5.21 Å². The first kappa shape index (κ1) is 4.32. The van der Waals surface area contributed by atoms with Gasteiger partial charge in [-0.1, -0.05) is 0 Å². The zero-order valence-electron chi connectivity index (χ0n) is 3.35. The van der Waals surface area contributed by atoms with Gasteiger partial charge in [-0.15, -0.1) is 0 Å². The number of hydrogen-bond acceptors (Lipinski definition) is 4. The zero-order chi connectivity index (χ0) is 5.11. The molecule has 0 N–H and O–H groups in total. The molecule has 4 nitrogen and oxygen atoms in total. The van der Waals surface area contributed by atoms with Crippen molar-refractivity contribution < 1.29 is 4.09 Å². The standard InChI is InChI=1S/C2H2N4S/c7-6-2-1-3-4-5-6/h1-2H. The molecule has 0 bridgehead atoms. The Labute approximate surface area is 45.7 Å². The molecule has 5 heteroatoms. The molecular weight excluding hydrogens is 112 g/mol. The van der Waals surface area contributed by atoms with Gasteiger partial charge in [-0.05, 0) is 5.10 Å². The summed E-state index contributed by atoms with van der Waals surface area (Å²) in [6, 6.07) is 0. The Kier molecular flexibility index (Phi) is 1.08. The fourth-order valence-electron chi connectivity index (χ4n) is 0.209. The summed E-state index contributed by atoms with van der Waals surface area (Å²) in [6.45, 7) is 0. The van der Waals surface area contributed by atoms with E-state index in [1.165, 1.54) is 12.4 Å². The minimum absolute atomic E-state index is 1.16. The maximum absolute atomic E-state index is 4.52. The molecule has 0 fully saturated rings. The molecule has 0 atom stereocenters. The first-order valence-corrected chi connectivity index (χ1v) is 2.00. The van der Waals surface area contributed by atoms with Gasteiger partial charge >= 0.3 is 0 Å². The van der Waals surface area contributed by atoms with Gasteiger partial charge in [0.15, 0.2) is 0 Å². The molecule has 0 saturated carbocycles. The van der Waals surface area contributed by atoms with Crippen LogP contribution in [0.3, 0.4) is 0 Å². The molecule has 0 aliphatic heterocycles. The van der Waals surface area contributed by atoms with E-state index in [2.05, 4.69) is 28.3 Å². The fourth-order valence-corrected chi connectivity index (χ4v) is 0.296. The van der Waals surface area contributed by atoms with Crippen LogP contribution in [0.1, 0.15) is 0 Å². The number of nitrogens with zero attached hydrogens (tertiary/aromatic N) is 4. The number of hydrogen-bond donors (Lipinski definition) is 0. The second-order valence-corrected chi connectivity index (χ2v) is 1.27. The predicted octanol–water partition coefficient (Wildman–Crippen LogP) is -1.53. The predicted molar refractivity (Wildman–Crippen MR) is 22.8 cm³/mol. The first-order valence-electron chi connectivity index (χ1n) is 1.63. The van der Waals surface area contributed by atoms with Gasteiger partial charge in [-0.3, -0.25) is 0 Å². The summed E-state index contributed by atoms with van der Waals surface area (Å²) in [5.41, 5.74) is 0. The van der Waals surface area contributed by atoms with Crippen LogP contribution in [0.5, 0.6) is 0 Å². The van der Waals surface area contributed by atoms with Crippen molar-refractivity contribution in [2.24, 2.45) is 0 Å². The van der Waals surface area contributed by atoms with E-state index in [9.17, 15) is 0 Å². The molecular formula is C2H2N4S. The Morgan fingerprint density at radius 1 is 1.57 bits per heavy atom. The van der Waals surface area contributed by atoms with Gasteiger partial charge < -0.3 is 12.8 Å². The zero-order valence-corrected chi connectivity index (χ0v) is 4.17. The van der Waals surface area contributed by atoms with Crippen LogP contribution in [0.25, 0.3) is 0 Å². The van der Waals surface area contributed by atoms with Gasteiger partial charge in [-0.2, -0.15) is 0 Å². The average molecular weight is 114 g/mol.